The van der Waals surface area contributed by atoms with E-state index >= 15 is 0 Å². The molecule has 1 aromatic heterocycles. The summed E-state index contributed by atoms with van der Waals surface area (Å²) in [7, 11) is 3.21. The summed E-state index contributed by atoms with van der Waals surface area (Å²) in [6.07, 6.45) is 0.109. The highest BCUT2D eigenvalue weighted by Gasteiger charge is 2.12. The topological polar surface area (TPSA) is 77.9 Å². The zero-order chi connectivity index (χ0) is 20.8. The number of ether oxygens (including phenoxy) is 3. The van der Waals surface area contributed by atoms with Gasteiger partial charge >= 0.3 is 5.97 Å². The Morgan fingerprint density at radius 2 is 1.83 bits per heavy atom. The van der Waals surface area contributed by atoms with Crippen LogP contribution in [-0.4, -0.2) is 30.3 Å². The Morgan fingerprint density at radius 3 is 2.48 bits per heavy atom. The van der Waals surface area contributed by atoms with Crippen molar-refractivity contribution in [3.8, 4) is 27.8 Å². The molecule has 1 heterocycles. The second kappa shape index (κ2) is 9.43. The molecule has 152 valence electrons. The summed E-state index contributed by atoms with van der Waals surface area (Å²) >= 11 is 1.54. The van der Waals surface area contributed by atoms with Crippen molar-refractivity contribution in [3.05, 3.63) is 59.1 Å². The van der Waals surface area contributed by atoms with Crippen molar-refractivity contribution in [2.75, 3.05) is 14.2 Å². The zero-order valence-electron chi connectivity index (χ0n) is 16.5. The van der Waals surface area contributed by atoms with Crippen molar-refractivity contribution >= 4 is 17.3 Å². The third-order valence-corrected chi connectivity index (χ3v) is 5.44. The van der Waals surface area contributed by atoms with Crippen LogP contribution in [0.1, 0.15) is 30.5 Å². The quantitative estimate of drug-likeness (QED) is 0.533. The summed E-state index contributed by atoms with van der Waals surface area (Å²) < 4.78 is 16.4. The summed E-state index contributed by atoms with van der Waals surface area (Å²) in [4.78, 5) is 15.5. The maximum atomic E-state index is 10.8. The second-order valence-corrected chi connectivity index (χ2v) is 7.43. The van der Waals surface area contributed by atoms with Gasteiger partial charge < -0.3 is 19.3 Å². The van der Waals surface area contributed by atoms with E-state index in [9.17, 15) is 4.79 Å². The molecule has 0 radical (unpaired) electrons. The van der Waals surface area contributed by atoms with E-state index in [1.54, 1.807) is 14.2 Å². The minimum Gasteiger partial charge on any atom is -0.493 e. The number of thiazole rings is 1. The van der Waals surface area contributed by atoms with Crippen LogP contribution in [0.4, 0.5) is 0 Å². The minimum atomic E-state index is -0.799. The highest BCUT2D eigenvalue weighted by molar-refractivity contribution is 7.13. The van der Waals surface area contributed by atoms with Gasteiger partial charge in [-0.15, -0.1) is 11.3 Å². The summed E-state index contributed by atoms with van der Waals surface area (Å²) in [5.41, 5.74) is 2.77. The largest absolute Gasteiger partial charge is 0.493 e. The molecule has 7 heteroatoms. The number of carbonyl (C=O) groups is 1. The lowest BCUT2D eigenvalue weighted by molar-refractivity contribution is -0.137. The van der Waals surface area contributed by atoms with Crippen LogP contribution >= 0.6 is 11.3 Å². The molecule has 0 aliphatic heterocycles. The van der Waals surface area contributed by atoms with Gasteiger partial charge in [-0.25, -0.2) is 4.98 Å². The molecule has 0 saturated carbocycles. The van der Waals surface area contributed by atoms with E-state index < -0.39 is 5.97 Å². The predicted molar refractivity (Wildman–Crippen MR) is 112 cm³/mol. The van der Waals surface area contributed by atoms with Gasteiger partial charge in [-0.05, 0) is 41.8 Å². The van der Waals surface area contributed by atoms with Crippen molar-refractivity contribution in [2.45, 2.75) is 25.9 Å². The molecule has 1 atom stereocenters. The monoisotopic (exact) mass is 413 g/mol. The predicted octanol–water partition coefficient (Wildman–Crippen LogP) is 4.98. The maximum Gasteiger partial charge on any atom is 0.303 e. The smallest absolute Gasteiger partial charge is 0.303 e. The number of aromatic nitrogens is 1. The van der Waals surface area contributed by atoms with Gasteiger partial charge in [-0.1, -0.05) is 19.1 Å². The number of carboxylic acid groups (broad SMARTS) is 1. The fraction of sp³-hybridized carbons (Fsp3) is 0.273. The third kappa shape index (κ3) is 5.26. The van der Waals surface area contributed by atoms with E-state index in [2.05, 4.69) is 4.98 Å². The number of nitrogens with zero attached hydrogens (tertiary/aromatic N) is 1. The number of rotatable bonds is 9. The summed E-state index contributed by atoms with van der Waals surface area (Å²) in [5.74, 6) is 1.22. The van der Waals surface area contributed by atoms with E-state index in [4.69, 9.17) is 19.3 Å². The fourth-order valence-corrected chi connectivity index (χ4v) is 3.71. The van der Waals surface area contributed by atoms with Crippen molar-refractivity contribution in [3.63, 3.8) is 0 Å². The Balaban J connectivity index is 1.63. The van der Waals surface area contributed by atoms with Crippen LogP contribution in [-0.2, 0) is 11.4 Å². The van der Waals surface area contributed by atoms with Gasteiger partial charge in [0, 0.05) is 10.9 Å². The van der Waals surface area contributed by atoms with Crippen LogP contribution in [0.15, 0.2) is 47.8 Å². The molecule has 0 spiro atoms. The molecule has 0 amide bonds. The van der Waals surface area contributed by atoms with E-state index in [0.717, 1.165) is 27.6 Å². The molecule has 1 N–H and O–H groups in total. The molecule has 3 aromatic rings. The molecular formula is C22H23NO5S. The van der Waals surface area contributed by atoms with Crippen LogP contribution in [0.2, 0.25) is 0 Å². The van der Waals surface area contributed by atoms with Crippen molar-refractivity contribution in [1.29, 1.82) is 0 Å². The van der Waals surface area contributed by atoms with Gasteiger partial charge in [-0.2, -0.15) is 0 Å². The number of hydrogen-bond donors (Lipinski definition) is 1. The van der Waals surface area contributed by atoms with Crippen molar-refractivity contribution in [2.24, 2.45) is 0 Å². The van der Waals surface area contributed by atoms with Crippen LogP contribution in [0.25, 0.3) is 10.6 Å². The average Bonchev–Trinajstić information content (AvgIpc) is 3.20. The SMILES string of the molecule is COc1ccc(-c2nc(COc3ccc(C(C)CC(=O)O)cc3)cs2)cc1OC. The first-order chi connectivity index (χ1) is 14.0. The Bertz CT molecular complexity index is 968. The zero-order valence-corrected chi connectivity index (χ0v) is 17.4. The summed E-state index contributed by atoms with van der Waals surface area (Å²) in [5, 5.41) is 11.8. The molecule has 0 bridgehead atoms. The van der Waals surface area contributed by atoms with Crippen molar-refractivity contribution < 1.29 is 24.1 Å². The molecule has 0 aliphatic carbocycles. The van der Waals surface area contributed by atoms with Gasteiger partial charge in [-0.3, -0.25) is 4.79 Å². The van der Waals surface area contributed by atoms with Crippen LogP contribution in [0.5, 0.6) is 17.2 Å². The van der Waals surface area contributed by atoms with Gasteiger partial charge in [0.25, 0.3) is 0 Å². The molecule has 0 aliphatic rings. The summed E-state index contributed by atoms with van der Waals surface area (Å²) in [6, 6.07) is 13.2. The Hall–Kier alpha value is -3.06. The van der Waals surface area contributed by atoms with Gasteiger partial charge in [0.1, 0.15) is 17.4 Å². The fourth-order valence-electron chi connectivity index (χ4n) is 2.90. The highest BCUT2D eigenvalue weighted by Crippen LogP contribution is 2.33. The van der Waals surface area contributed by atoms with Gasteiger partial charge in [0.2, 0.25) is 0 Å². The molecule has 2 aromatic carbocycles. The number of benzene rings is 2. The lowest BCUT2D eigenvalue weighted by Crippen LogP contribution is -2.03. The van der Waals surface area contributed by atoms with Gasteiger partial charge in [0.15, 0.2) is 11.5 Å². The first-order valence-electron chi connectivity index (χ1n) is 9.11. The molecule has 6 nitrogen and oxygen atoms in total. The van der Waals surface area contributed by atoms with E-state index in [-0.39, 0.29) is 12.3 Å². The average molecular weight is 413 g/mol. The number of hydrogen-bond acceptors (Lipinski definition) is 6. The molecule has 3 rings (SSSR count). The third-order valence-electron chi connectivity index (χ3n) is 4.50. The van der Waals surface area contributed by atoms with Crippen LogP contribution in [0, 0.1) is 0 Å². The Morgan fingerprint density at radius 1 is 1.10 bits per heavy atom. The first kappa shape index (κ1) is 20.7. The number of aliphatic carboxylic acids is 1. The molecule has 29 heavy (non-hydrogen) atoms. The second-order valence-electron chi connectivity index (χ2n) is 6.57. The lowest BCUT2D eigenvalue weighted by Gasteiger charge is -2.10. The maximum absolute atomic E-state index is 10.8. The minimum absolute atomic E-state index is 0.0378. The van der Waals surface area contributed by atoms with Gasteiger partial charge in [0.05, 0.1) is 26.3 Å². The molecule has 1 unspecified atom stereocenters. The first-order valence-corrected chi connectivity index (χ1v) is 9.99. The Kier molecular flexibility index (Phi) is 6.72. The van der Waals surface area contributed by atoms with E-state index in [1.165, 1.54) is 11.3 Å². The lowest BCUT2D eigenvalue weighted by atomic mass is 9.98. The summed E-state index contributed by atoms with van der Waals surface area (Å²) in [6.45, 7) is 2.25. The highest BCUT2D eigenvalue weighted by atomic mass is 32.1. The number of carboxylic acids is 1. The van der Waals surface area contributed by atoms with E-state index in [0.29, 0.717) is 18.1 Å². The molecular weight excluding hydrogens is 390 g/mol. The standard InChI is InChI=1S/C22H23NO5S/c1-14(10-21(24)25)15-4-7-18(8-5-15)28-12-17-13-29-22(23-17)16-6-9-19(26-2)20(11-16)27-3/h4-9,11,13-14H,10,12H2,1-3H3,(H,24,25). The molecule has 0 saturated heterocycles. The Labute approximate surface area is 173 Å². The van der Waals surface area contributed by atoms with E-state index in [1.807, 2.05) is 54.8 Å². The number of methoxy groups -OCH3 is 2. The molecule has 0 fully saturated rings. The van der Waals surface area contributed by atoms with Crippen molar-refractivity contribution in [1.82, 2.24) is 4.98 Å². The normalized spacial score (nSPS) is 11.7. The van der Waals surface area contributed by atoms with Crippen LogP contribution < -0.4 is 14.2 Å². The van der Waals surface area contributed by atoms with Crippen LogP contribution in [0.3, 0.4) is 0 Å².